The fraction of sp³-hybridized carbons (Fsp3) is 0.450. The first-order chi connectivity index (χ1) is 14.1. The third kappa shape index (κ3) is 7.48. The zero-order valence-corrected chi connectivity index (χ0v) is 19.5. The molecule has 1 aliphatic heterocycles. The van der Waals surface area contributed by atoms with Gasteiger partial charge < -0.3 is 25.2 Å². The molecule has 0 atom stereocenters. The van der Waals surface area contributed by atoms with E-state index < -0.39 is 5.91 Å². The molecule has 2 aromatic rings. The number of ether oxygens (including phenoxy) is 1. The van der Waals surface area contributed by atoms with Gasteiger partial charge in [0, 0.05) is 52.4 Å². The number of carbonyl (C=O) groups excluding carboxylic acids is 1. The molecule has 2 heterocycles. The minimum Gasteiger partial charge on any atom is -0.484 e. The summed E-state index contributed by atoms with van der Waals surface area (Å²) in [7, 11) is 1.81. The van der Waals surface area contributed by atoms with E-state index in [1.54, 1.807) is 6.26 Å². The molecule has 1 aromatic carbocycles. The van der Waals surface area contributed by atoms with Crippen molar-refractivity contribution in [2.45, 2.75) is 13.0 Å². The fourth-order valence-electron chi connectivity index (χ4n) is 3.22. The first kappa shape index (κ1) is 23.9. The molecule has 1 amide bonds. The van der Waals surface area contributed by atoms with E-state index in [1.165, 1.54) is 5.56 Å². The van der Waals surface area contributed by atoms with Crippen LogP contribution in [0, 0.1) is 0 Å². The van der Waals surface area contributed by atoms with Crippen LogP contribution in [0.3, 0.4) is 0 Å². The Balaban J connectivity index is 0.00000320. The average molecular weight is 528 g/mol. The number of benzene rings is 1. The Hall–Kier alpha value is -2.34. The molecule has 1 fully saturated rings. The van der Waals surface area contributed by atoms with Crippen molar-refractivity contribution in [1.29, 1.82) is 0 Å². The van der Waals surface area contributed by atoms with Crippen LogP contribution in [0.4, 0.5) is 0 Å². The van der Waals surface area contributed by atoms with Crippen LogP contribution in [0.25, 0.3) is 0 Å². The van der Waals surface area contributed by atoms with Crippen LogP contribution in [0.1, 0.15) is 11.3 Å². The Labute approximate surface area is 193 Å². The number of carbonyl (C=O) groups is 1. The second-order valence-corrected chi connectivity index (χ2v) is 6.88. The number of rotatable bonds is 8. The summed E-state index contributed by atoms with van der Waals surface area (Å²) in [5.41, 5.74) is 7.22. The molecule has 3 rings (SSSR count). The number of aliphatic imine (C=N–C) groups is 1. The van der Waals surface area contributed by atoms with Crippen LogP contribution < -0.4 is 15.8 Å². The number of guanidine groups is 1. The van der Waals surface area contributed by atoms with Gasteiger partial charge in [0.2, 0.25) is 0 Å². The normalized spacial score (nSPS) is 14.8. The van der Waals surface area contributed by atoms with E-state index in [1.807, 2.05) is 37.4 Å². The van der Waals surface area contributed by atoms with Crippen LogP contribution in [0.2, 0.25) is 0 Å². The van der Waals surface area contributed by atoms with Gasteiger partial charge in [-0.3, -0.25) is 14.7 Å². The maximum atomic E-state index is 10.8. The van der Waals surface area contributed by atoms with Crippen molar-refractivity contribution in [1.82, 2.24) is 20.3 Å². The zero-order valence-electron chi connectivity index (χ0n) is 17.1. The number of halogens is 1. The standard InChI is InChI=1S/C20H28N6O3.HI/c1-22-20(26-11-9-25(10-12-26)14-17-7-13-29-24-17)23-8-6-16-2-4-18(5-3-16)28-15-19(21)27;/h2-5,7,13H,6,8-12,14-15H2,1H3,(H2,21,27)(H,22,23);1H. The van der Waals surface area contributed by atoms with E-state index in [2.05, 4.69) is 25.3 Å². The topological polar surface area (TPSA) is 109 Å². The third-order valence-corrected chi connectivity index (χ3v) is 4.76. The van der Waals surface area contributed by atoms with Gasteiger partial charge in [0.05, 0.1) is 5.69 Å². The number of hydrogen-bond donors (Lipinski definition) is 2. The first-order valence-corrected chi connectivity index (χ1v) is 9.71. The Morgan fingerprint density at radius 2 is 1.97 bits per heavy atom. The molecular formula is C20H29IN6O3. The molecule has 0 saturated carbocycles. The van der Waals surface area contributed by atoms with Crippen LogP contribution in [-0.4, -0.2) is 73.2 Å². The minimum atomic E-state index is -0.483. The molecule has 164 valence electrons. The highest BCUT2D eigenvalue weighted by Crippen LogP contribution is 2.12. The van der Waals surface area contributed by atoms with Crippen molar-refractivity contribution >= 4 is 35.8 Å². The van der Waals surface area contributed by atoms with Gasteiger partial charge in [-0.15, -0.1) is 24.0 Å². The predicted molar refractivity (Wildman–Crippen MR) is 125 cm³/mol. The van der Waals surface area contributed by atoms with Crippen molar-refractivity contribution in [3.8, 4) is 5.75 Å². The van der Waals surface area contributed by atoms with Crippen molar-refractivity contribution in [3.63, 3.8) is 0 Å². The second kappa shape index (κ2) is 12.4. The maximum absolute atomic E-state index is 10.8. The monoisotopic (exact) mass is 528 g/mol. The van der Waals surface area contributed by atoms with Gasteiger partial charge in [0.1, 0.15) is 12.0 Å². The van der Waals surface area contributed by atoms with Crippen molar-refractivity contribution < 1.29 is 14.1 Å². The highest BCUT2D eigenvalue weighted by atomic mass is 127. The SMILES string of the molecule is CN=C(NCCc1ccc(OCC(N)=O)cc1)N1CCN(Cc2ccon2)CC1.I. The Morgan fingerprint density at radius 3 is 2.57 bits per heavy atom. The summed E-state index contributed by atoms with van der Waals surface area (Å²) in [5.74, 6) is 1.08. The van der Waals surface area contributed by atoms with Crippen molar-refractivity contribution in [2.75, 3.05) is 46.4 Å². The Morgan fingerprint density at radius 1 is 1.23 bits per heavy atom. The molecule has 9 nitrogen and oxygen atoms in total. The Bertz CT molecular complexity index is 789. The van der Waals surface area contributed by atoms with Gasteiger partial charge in [0.25, 0.3) is 5.91 Å². The minimum absolute atomic E-state index is 0. The number of primary amides is 1. The number of nitrogens with one attached hydrogen (secondary N) is 1. The molecule has 0 bridgehead atoms. The number of aromatic nitrogens is 1. The van der Waals surface area contributed by atoms with Crippen molar-refractivity contribution in [3.05, 3.63) is 47.9 Å². The number of nitrogens with two attached hydrogens (primary N) is 1. The fourth-order valence-corrected chi connectivity index (χ4v) is 3.22. The van der Waals surface area contributed by atoms with Gasteiger partial charge in [-0.25, -0.2) is 0 Å². The van der Waals surface area contributed by atoms with Gasteiger partial charge in [0.15, 0.2) is 12.6 Å². The van der Waals surface area contributed by atoms with Gasteiger partial charge >= 0.3 is 0 Å². The quantitative estimate of drug-likeness (QED) is 0.300. The lowest BCUT2D eigenvalue weighted by molar-refractivity contribution is -0.119. The lowest BCUT2D eigenvalue weighted by Crippen LogP contribution is -2.52. The van der Waals surface area contributed by atoms with Gasteiger partial charge in [-0.1, -0.05) is 17.3 Å². The first-order valence-electron chi connectivity index (χ1n) is 9.71. The Kier molecular flexibility index (Phi) is 9.87. The lowest BCUT2D eigenvalue weighted by atomic mass is 10.1. The molecular weight excluding hydrogens is 499 g/mol. The number of nitrogens with zero attached hydrogens (tertiary/aromatic N) is 4. The predicted octanol–water partition coefficient (Wildman–Crippen LogP) is 1.09. The third-order valence-electron chi connectivity index (χ3n) is 4.76. The maximum Gasteiger partial charge on any atom is 0.255 e. The molecule has 0 radical (unpaired) electrons. The molecule has 0 aliphatic carbocycles. The largest absolute Gasteiger partial charge is 0.484 e. The van der Waals surface area contributed by atoms with E-state index in [0.717, 1.165) is 57.3 Å². The summed E-state index contributed by atoms with van der Waals surface area (Å²) in [6.07, 6.45) is 2.47. The lowest BCUT2D eigenvalue weighted by Gasteiger charge is -2.36. The summed E-state index contributed by atoms with van der Waals surface area (Å²) in [6.45, 7) is 5.25. The summed E-state index contributed by atoms with van der Waals surface area (Å²) in [5, 5.41) is 7.42. The molecule has 1 aliphatic rings. The second-order valence-electron chi connectivity index (χ2n) is 6.88. The summed E-state index contributed by atoms with van der Waals surface area (Å²) >= 11 is 0. The number of hydrogen-bond acceptors (Lipinski definition) is 6. The molecule has 1 aromatic heterocycles. The van der Waals surface area contributed by atoms with E-state index in [9.17, 15) is 4.79 Å². The zero-order chi connectivity index (χ0) is 20.5. The molecule has 30 heavy (non-hydrogen) atoms. The number of amides is 1. The summed E-state index contributed by atoms with van der Waals surface area (Å²) in [4.78, 5) is 19.8. The highest BCUT2D eigenvalue weighted by molar-refractivity contribution is 14.0. The van der Waals surface area contributed by atoms with Crippen LogP contribution in [0.5, 0.6) is 5.75 Å². The molecule has 1 saturated heterocycles. The van der Waals surface area contributed by atoms with E-state index >= 15 is 0 Å². The highest BCUT2D eigenvalue weighted by Gasteiger charge is 2.20. The van der Waals surface area contributed by atoms with E-state index in [4.69, 9.17) is 15.0 Å². The van der Waals surface area contributed by atoms with Crippen LogP contribution in [-0.2, 0) is 17.8 Å². The average Bonchev–Trinajstić information content (AvgIpc) is 3.24. The number of piperazine rings is 1. The van der Waals surface area contributed by atoms with E-state index in [0.29, 0.717) is 5.75 Å². The van der Waals surface area contributed by atoms with E-state index in [-0.39, 0.29) is 30.6 Å². The summed E-state index contributed by atoms with van der Waals surface area (Å²) < 4.78 is 10.2. The molecule has 0 spiro atoms. The smallest absolute Gasteiger partial charge is 0.255 e. The van der Waals surface area contributed by atoms with Gasteiger partial charge in [-0.05, 0) is 24.1 Å². The van der Waals surface area contributed by atoms with Gasteiger partial charge in [-0.2, -0.15) is 0 Å². The molecule has 10 heteroatoms. The van der Waals surface area contributed by atoms with Crippen LogP contribution in [0.15, 0.2) is 46.1 Å². The molecule has 0 unspecified atom stereocenters. The van der Waals surface area contributed by atoms with Crippen LogP contribution >= 0.6 is 24.0 Å². The van der Waals surface area contributed by atoms with Crippen molar-refractivity contribution in [2.24, 2.45) is 10.7 Å². The summed E-state index contributed by atoms with van der Waals surface area (Å²) in [6, 6.07) is 9.58. The molecule has 3 N–H and O–H groups in total.